The van der Waals surface area contributed by atoms with Gasteiger partial charge >= 0.3 is 0 Å². The number of imide groups is 2. The van der Waals surface area contributed by atoms with Gasteiger partial charge < -0.3 is 9.84 Å². The van der Waals surface area contributed by atoms with Crippen molar-refractivity contribution in [3.05, 3.63) is 138 Å². The zero-order chi connectivity index (χ0) is 36.3. The number of amides is 4. The molecule has 6 atom stereocenters. The number of para-hydroxylation sites is 1. The van der Waals surface area contributed by atoms with Crippen molar-refractivity contribution in [2.75, 3.05) is 16.9 Å². The third-order valence-corrected chi connectivity index (χ3v) is 11.4. The summed E-state index contributed by atoms with van der Waals surface area (Å²) in [6, 6.07) is 29.0. The van der Waals surface area contributed by atoms with Gasteiger partial charge in [-0.3, -0.25) is 29.5 Å². The number of aromatic hydroxyl groups is 1. The van der Waals surface area contributed by atoms with Gasteiger partial charge in [0.1, 0.15) is 0 Å². The molecule has 0 radical (unpaired) electrons. The highest BCUT2D eigenvalue weighted by molar-refractivity contribution is 6.22. The number of fused-ring (bicyclic) bond motifs is 4. The molecule has 9 heteroatoms. The molecule has 9 nitrogen and oxygen atoms in total. The fraction of sp³-hybridized carbons (Fsp3) is 0.256. The lowest BCUT2D eigenvalue weighted by atomic mass is 9.49. The third-order valence-electron chi connectivity index (χ3n) is 11.4. The Kier molecular flexibility index (Phi) is 8.09. The average molecular weight is 694 g/mol. The van der Waals surface area contributed by atoms with Gasteiger partial charge in [-0.1, -0.05) is 96.6 Å². The fourth-order valence-corrected chi connectivity index (χ4v) is 9.15. The molecule has 4 aromatic carbocycles. The van der Waals surface area contributed by atoms with E-state index in [1.807, 2.05) is 86.7 Å². The van der Waals surface area contributed by atoms with Crippen LogP contribution in [0.5, 0.6) is 11.5 Å². The predicted molar refractivity (Wildman–Crippen MR) is 197 cm³/mol. The Morgan fingerprint density at radius 2 is 1.62 bits per heavy atom. The Hall–Kier alpha value is -5.96. The van der Waals surface area contributed by atoms with Crippen molar-refractivity contribution in [2.24, 2.45) is 23.7 Å². The van der Waals surface area contributed by atoms with Crippen molar-refractivity contribution in [2.45, 2.75) is 38.0 Å². The zero-order valence-corrected chi connectivity index (χ0v) is 29.0. The molecular weight excluding hydrogens is 654 g/mol. The molecule has 2 aliphatic carbocycles. The highest BCUT2D eigenvalue weighted by Crippen LogP contribution is 2.65. The Morgan fingerprint density at radius 3 is 2.31 bits per heavy atom. The number of allylic oxidation sites excluding steroid dienone is 2. The van der Waals surface area contributed by atoms with E-state index in [2.05, 4.69) is 12.0 Å². The SMILES string of the molecule is C=Cc1ccc(N2C(=O)C3CC=C4C(CC5C(=O)N(Nc6ccc(C)cc6)C(=O)C5(c5ccccc5)C4c4cccc(OCC)c4O)C3C2=O)cc1. The van der Waals surface area contributed by atoms with Crippen LogP contribution in [0.4, 0.5) is 11.4 Å². The number of carbonyl (C=O) groups is 4. The number of hydrazine groups is 1. The number of hydrogen-bond acceptors (Lipinski definition) is 7. The molecule has 4 aromatic rings. The molecule has 2 saturated heterocycles. The van der Waals surface area contributed by atoms with E-state index in [0.29, 0.717) is 29.1 Å². The van der Waals surface area contributed by atoms with Crippen LogP contribution in [0, 0.1) is 30.6 Å². The molecule has 52 heavy (non-hydrogen) atoms. The first-order valence-electron chi connectivity index (χ1n) is 17.7. The van der Waals surface area contributed by atoms with Crippen LogP contribution in [0.2, 0.25) is 0 Å². The maximum atomic E-state index is 15.3. The lowest BCUT2D eigenvalue weighted by molar-refractivity contribution is -0.138. The first kappa shape index (κ1) is 33.2. The first-order chi connectivity index (χ1) is 25.2. The highest BCUT2D eigenvalue weighted by atomic mass is 16.5. The van der Waals surface area contributed by atoms with E-state index < -0.39 is 46.8 Å². The summed E-state index contributed by atoms with van der Waals surface area (Å²) in [7, 11) is 0. The maximum absolute atomic E-state index is 15.3. The van der Waals surface area contributed by atoms with Gasteiger partial charge in [0.2, 0.25) is 11.8 Å². The van der Waals surface area contributed by atoms with Crippen LogP contribution in [0.25, 0.3) is 6.08 Å². The van der Waals surface area contributed by atoms with Crippen molar-refractivity contribution in [3.8, 4) is 11.5 Å². The standard InChI is InChI=1S/C43H39N3O6/c1-4-26-16-20-29(21-17-26)45-39(48)31-23-22-30-33(36(31)41(45)50)24-34-40(49)46(44-28-18-14-25(3)15-19-28)42(51)43(34,27-10-7-6-8-11-27)37(30)32-12-9-13-35(38(32)47)52-5-2/h4,6-22,31,33-34,36-37,44,47H,1,5,23-24H2,2-3H3. The van der Waals surface area contributed by atoms with Crippen molar-refractivity contribution in [1.29, 1.82) is 0 Å². The summed E-state index contributed by atoms with van der Waals surface area (Å²) >= 11 is 0. The molecule has 4 aliphatic rings. The lowest BCUT2D eigenvalue weighted by Crippen LogP contribution is -2.53. The van der Waals surface area contributed by atoms with Gasteiger partial charge in [-0.2, -0.15) is 5.01 Å². The Morgan fingerprint density at radius 1 is 0.885 bits per heavy atom. The van der Waals surface area contributed by atoms with E-state index in [-0.39, 0.29) is 36.2 Å². The van der Waals surface area contributed by atoms with Gasteiger partial charge in [-0.25, -0.2) is 0 Å². The van der Waals surface area contributed by atoms with Crippen LogP contribution >= 0.6 is 0 Å². The second-order valence-corrected chi connectivity index (χ2v) is 14.0. The van der Waals surface area contributed by atoms with Crippen molar-refractivity contribution >= 4 is 41.1 Å². The number of phenols is 1. The molecule has 262 valence electrons. The van der Waals surface area contributed by atoms with Crippen LogP contribution in [0.1, 0.15) is 47.9 Å². The van der Waals surface area contributed by atoms with Crippen molar-refractivity contribution in [3.63, 3.8) is 0 Å². The summed E-state index contributed by atoms with van der Waals surface area (Å²) in [5, 5.41) is 13.0. The summed E-state index contributed by atoms with van der Waals surface area (Å²) in [6.45, 7) is 7.88. The topological polar surface area (TPSA) is 116 Å². The van der Waals surface area contributed by atoms with Crippen molar-refractivity contribution in [1.82, 2.24) is 5.01 Å². The van der Waals surface area contributed by atoms with Gasteiger partial charge in [0, 0.05) is 11.5 Å². The Balaban J connectivity index is 1.32. The summed E-state index contributed by atoms with van der Waals surface area (Å²) in [4.78, 5) is 60.1. The zero-order valence-electron chi connectivity index (χ0n) is 29.0. The second kappa shape index (κ2) is 12.7. The Labute approximate surface area is 302 Å². The molecular formula is C43H39N3O6. The molecule has 6 unspecified atom stereocenters. The monoisotopic (exact) mass is 693 g/mol. The van der Waals surface area contributed by atoms with Crippen LogP contribution in [-0.2, 0) is 24.6 Å². The number of aryl methyl sites for hydroxylation is 1. The van der Waals surface area contributed by atoms with E-state index in [1.165, 1.54) is 4.90 Å². The average Bonchev–Trinajstić information content (AvgIpc) is 3.54. The van der Waals surface area contributed by atoms with E-state index in [9.17, 15) is 19.5 Å². The van der Waals surface area contributed by atoms with Gasteiger partial charge in [-0.15, -0.1) is 0 Å². The van der Waals surface area contributed by atoms with Crippen LogP contribution in [-0.4, -0.2) is 40.4 Å². The van der Waals surface area contributed by atoms with E-state index >= 15 is 4.79 Å². The molecule has 2 N–H and O–H groups in total. The largest absolute Gasteiger partial charge is 0.504 e. The molecule has 0 spiro atoms. The molecule has 1 saturated carbocycles. The Bertz CT molecular complexity index is 2140. The van der Waals surface area contributed by atoms with E-state index in [4.69, 9.17) is 4.74 Å². The van der Waals surface area contributed by atoms with Gasteiger partial charge in [0.15, 0.2) is 11.5 Å². The number of ether oxygens (including phenoxy) is 1. The minimum Gasteiger partial charge on any atom is -0.504 e. The summed E-state index contributed by atoms with van der Waals surface area (Å²) in [6.07, 6.45) is 4.10. The summed E-state index contributed by atoms with van der Waals surface area (Å²) in [5.74, 6) is -5.16. The number of nitrogens with one attached hydrogen (secondary N) is 1. The molecule has 0 aromatic heterocycles. The van der Waals surface area contributed by atoms with E-state index in [1.54, 1.807) is 36.4 Å². The number of carbonyl (C=O) groups excluding carboxylic acids is 4. The number of phenolic OH excluding ortho intramolecular Hbond substituents is 1. The smallest absolute Gasteiger partial charge is 0.260 e. The normalized spacial score (nSPS) is 26.4. The maximum Gasteiger partial charge on any atom is 0.260 e. The molecule has 2 aliphatic heterocycles. The highest BCUT2D eigenvalue weighted by Gasteiger charge is 2.70. The van der Waals surface area contributed by atoms with Gasteiger partial charge in [0.05, 0.1) is 41.2 Å². The van der Waals surface area contributed by atoms with Gasteiger partial charge in [0.25, 0.3) is 11.8 Å². The summed E-state index contributed by atoms with van der Waals surface area (Å²) in [5.41, 5.74) is 6.34. The van der Waals surface area contributed by atoms with Crippen molar-refractivity contribution < 1.29 is 29.0 Å². The molecule has 3 fully saturated rings. The molecule has 2 heterocycles. The summed E-state index contributed by atoms with van der Waals surface area (Å²) < 4.78 is 5.84. The fourth-order valence-electron chi connectivity index (χ4n) is 9.15. The molecule has 8 rings (SSSR count). The first-order valence-corrected chi connectivity index (χ1v) is 17.7. The quantitative estimate of drug-likeness (QED) is 0.152. The number of benzene rings is 4. The van der Waals surface area contributed by atoms with Crippen LogP contribution < -0.4 is 15.1 Å². The predicted octanol–water partition coefficient (Wildman–Crippen LogP) is 6.93. The minimum atomic E-state index is -1.50. The number of rotatable bonds is 8. The number of nitrogens with zero attached hydrogens (tertiary/aromatic N) is 2. The number of anilines is 2. The van der Waals surface area contributed by atoms with Crippen LogP contribution in [0.3, 0.4) is 0 Å². The third kappa shape index (κ3) is 4.82. The molecule has 0 bridgehead atoms. The second-order valence-electron chi connectivity index (χ2n) is 14.0. The lowest BCUT2D eigenvalue weighted by Gasteiger charge is -2.50. The van der Waals surface area contributed by atoms with Crippen LogP contribution in [0.15, 0.2) is 115 Å². The molecule has 4 amide bonds. The van der Waals surface area contributed by atoms with Gasteiger partial charge in [-0.05, 0) is 74.1 Å². The number of hydrogen-bond donors (Lipinski definition) is 2. The van der Waals surface area contributed by atoms with E-state index in [0.717, 1.165) is 21.7 Å². The minimum absolute atomic E-state index is 0.130.